The molecular weight excluding hydrogens is 1360 g/mol. The number of carboxylic acids is 3. The Kier molecular flexibility index (Phi) is 32.3. The van der Waals surface area contributed by atoms with Gasteiger partial charge in [-0.1, -0.05) is 102 Å². The van der Waals surface area contributed by atoms with Crippen molar-refractivity contribution in [3.05, 3.63) is 125 Å². The Balaban J connectivity index is 1.57. The zero-order valence-corrected chi connectivity index (χ0v) is 57.2. The number of phenolic OH excluding ortho intramolecular Hbond substituents is 3. The van der Waals surface area contributed by atoms with Gasteiger partial charge in [0.05, 0.1) is 25.4 Å². The number of hydrogen-bond acceptors (Lipinski definition) is 21. The molecule has 4 aromatic rings. The Morgan fingerprint density at radius 1 is 0.550 bits per heavy atom. The topological polar surface area (TPSA) is 519 Å². The number of benzene rings is 4. The molecule has 0 spiro atoms. The predicted molar refractivity (Wildman–Crippen MR) is 366 cm³/mol. The van der Waals surface area contributed by atoms with Crippen molar-refractivity contribution in [3.63, 3.8) is 0 Å². The van der Waals surface area contributed by atoms with Crippen LogP contribution in [-0.2, 0) is 92.8 Å². The summed E-state index contributed by atoms with van der Waals surface area (Å²) in [4.78, 5) is 193. The molecule has 1 aliphatic rings. The van der Waals surface area contributed by atoms with E-state index in [2.05, 4.69) is 58.5 Å². The van der Waals surface area contributed by atoms with Crippen LogP contribution in [0.1, 0.15) is 62.3 Å². The highest BCUT2D eigenvalue weighted by atomic mass is 33.1. The fraction of sp³-hybridized carbons (Fsp3) is 0.415. The number of aromatic hydroxyl groups is 3. The first kappa shape index (κ1) is 80.6. The van der Waals surface area contributed by atoms with Crippen LogP contribution in [0.2, 0.25) is 0 Å². The van der Waals surface area contributed by atoms with Gasteiger partial charge in [0.15, 0.2) is 0 Å². The number of carboxylic acid groups (broad SMARTS) is 3. The molecule has 0 aromatic heterocycles. The van der Waals surface area contributed by atoms with Gasteiger partial charge in [-0.2, -0.15) is 11.8 Å². The Labute approximate surface area is 586 Å². The minimum Gasteiger partial charge on any atom is -0.508 e. The lowest BCUT2D eigenvalue weighted by molar-refractivity contribution is -0.144. The number of carbonyl (C=O) groups is 14. The smallest absolute Gasteiger partial charge is 0.326 e. The highest BCUT2D eigenvalue weighted by Gasteiger charge is 2.37. The number of aliphatic carboxylic acids is 3. The molecule has 1 heterocycles. The fourth-order valence-corrected chi connectivity index (χ4v) is 12.5. The Morgan fingerprint density at radius 3 is 1.62 bits per heavy atom. The van der Waals surface area contributed by atoms with E-state index in [4.69, 9.17) is 5.73 Å². The predicted octanol–water partition coefficient (Wildman–Crippen LogP) is -1.78. The van der Waals surface area contributed by atoms with E-state index < -0.39 is 193 Å². The van der Waals surface area contributed by atoms with Crippen molar-refractivity contribution in [2.45, 2.75) is 132 Å². The number of carbonyl (C=O) groups excluding carboxylic acids is 11. The molecule has 35 heteroatoms. The SMILES string of the molecule is CSCC[C@H](NC(=O)[C@H](Cc1ccc(O)cc1)NC(=O)[C@@H]1CSSC[C@H](NC(=O)[C@@H](N)Cc2ccc(O)cc2)C(=O)N[C@@H](CC(=O)O)C(=O)NCC(=O)N[C@@H](Cc2ccccc2)C(=O)N[C@@H](Cc2ccc(O)cc2)C(=O)N[C@@H](C)C(=O)N1)C(=O)N[C@@H](CC(=O)O)C(=O)N[C@H](C(=O)O)C(C)C. The van der Waals surface area contributed by atoms with Crippen LogP contribution in [0.25, 0.3) is 0 Å². The molecule has 19 N–H and O–H groups in total. The summed E-state index contributed by atoms with van der Waals surface area (Å²) in [5.74, 6) is -18.2. The molecule has 11 amide bonds. The minimum absolute atomic E-state index is 0.0836. The van der Waals surface area contributed by atoms with Crippen LogP contribution in [0.5, 0.6) is 17.2 Å². The maximum atomic E-state index is 15.0. The second-order valence-electron chi connectivity index (χ2n) is 23.5. The van der Waals surface area contributed by atoms with Crippen LogP contribution in [0.3, 0.4) is 0 Å². The summed E-state index contributed by atoms with van der Waals surface area (Å²) in [6.07, 6.45) is -1.61. The molecule has 540 valence electrons. The van der Waals surface area contributed by atoms with Gasteiger partial charge < -0.3 is 94.9 Å². The third-order valence-corrected chi connectivity index (χ3v) is 18.2. The Morgan fingerprint density at radius 2 is 1.06 bits per heavy atom. The number of phenols is 3. The lowest BCUT2D eigenvalue weighted by Gasteiger charge is -2.27. The summed E-state index contributed by atoms with van der Waals surface area (Å²) in [5, 5.41) is 86.5. The van der Waals surface area contributed by atoms with Crippen molar-refractivity contribution in [3.8, 4) is 17.2 Å². The molecular formula is C65H82N12O20S3. The van der Waals surface area contributed by atoms with Gasteiger partial charge in [0.2, 0.25) is 65.0 Å². The van der Waals surface area contributed by atoms with E-state index in [-0.39, 0.29) is 48.7 Å². The van der Waals surface area contributed by atoms with Gasteiger partial charge in [-0.05, 0) is 96.3 Å². The normalized spacial score (nSPS) is 19.9. The maximum absolute atomic E-state index is 15.0. The first-order valence-corrected chi connectivity index (χ1v) is 35.1. The van der Waals surface area contributed by atoms with Crippen LogP contribution >= 0.6 is 33.3 Å². The molecule has 0 unspecified atom stereocenters. The summed E-state index contributed by atoms with van der Waals surface area (Å²) in [6.45, 7) is 3.30. The molecule has 0 radical (unpaired) electrons. The van der Waals surface area contributed by atoms with Gasteiger partial charge in [0.25, 0.3) is 0 Å². The largest absolute Gasteiger partial charge is 0.508 e. The molecule has 11 atom stereocenters. The zero-order valence-electron chi connectivity index (χ0n) is 54.7. The highest BCUT2D eigenvalue weighted by Crippen LogP contribution is 2.25. The number of nitrogens with two attached hydrogens (primary N) is 1. The minimum atomic E-state index is -1.93. The average Bonchev–Trinajstić information content (AvgIpc) is 0.898. The molecule has 1 saturated heterocycles. The van der Waals surface area contributed by atoms with Crippen LogP contribution < -0.4 is 64.2 Å². The maximum Gasteiger partial charge on any atom is 0.326 e. The standard InChI is InChI=1S/C65H82N12O20S3/c1-33(2)54(65(96)97)77-62(93)48(29-53(84)85)74-58(89)43(22-23-98-4)70-61(92)46(27-38-14-20-41(80)21-15-38)72-63(94)49-31-99-100-32-50(76-56(87)42(66)24-36-10-16-39(78)17-11-36)64(95)73-47(28-52(82)83)57(88)67-30-51(81)69-44(25-35-8-6-5-7-9-35)60(91)71-45(26-37-12-18-40(79)19-13-37)59(90)68-34(3)55(86)75-49/h5-21,33-34,42-50,54,78-80H,22-32,66H2,1-4H3,(H,67,88)(H,68,90)(H,69,81)(H,70,92)(H,71,91)(H,72,94)(H,73,95)(H,74,89)(H,75,86)(H,76,87)(H,77,93)(H,82,83)(H,84,85)(H,96,97)/t34-,42-,43-,44-,45-,46-,47-,48-,49-,50-,54-/m0/s1. The number of hydrogen-bond donors (Lipinski definition) is 18. The molecule has 4 aromatic carbocycles. The van der Waals surface area contributed by atoms with E-state index in [9.17, 15) is 93.0 Å². The van der Waals surface area contributed by atoms with Crippen molar-refractivity contribution in [1.29, 1.82) is 0 Å². The van der Waals surface area contributed by atoms with E-state index in [0.717, 1.165) is 21.6 Å². The number of rotatable bonds is 27. The van der Waals surface area contributed by atoms with Gasteiger partial charge in [-0.15, -0.1) is 0 Å². The third-order valence-electron chi connectivity index (χ3n) is 15.2. The Bertz CT molecular complexity index is 3540. The van der Waals surface area contributed by atoms with Crippen molar-refractivity contribution in [2.24, 2.45) is 11.7 Å². The van der Waals surface area contributed by atoms with Gasteiger partial charge >= 0.3 is 17.9 Å². The van der Waals surface area contributed by atoms with E-state index in [1.54, 1.807) is 36.6 Å². The summed E-state index contributed by atoms with van der Waals surface area (Å²) in [5.41, 5.74) is 7.99. The van der Waals surface area contributed by atoms with E-state index in [1.807, 2.05) is 0 Å². The second kappa shape index (κ2) is 40.1. The van der Waals surface area contributed by atoms with E-state index in [0.29, 0.717) is 22.3 Å². The molecule has 1 aliphatic heterocycles. The van der Waals surface area contributed by atoms with Crippen LogP contribution in [-0.4, -0.2) is 210 Å². The Hall–Kier alpha value is -10.1. The monoisotopic (exact) mass is 1450 g/mol. The van der Waals surface area contributed by atoms with Crippen molar-refractivity contribution < 1.29 is 97.8 Å². The molecule has 100 heavy (non-hydrogen) atoms. The molecule has 0 saturated carbocycles. The second-order valence-corrected chi connectivity index (χ2v) is 27.1. The number of thioether (sulfide) groups is 1. The summed E-state index contributed by atoms with van der Waals surface area (Å²) in [6, 6.07) is 6.82. The summed E-state index contributed by atoms with van der Waals surface area (Å²) < 4.78 is 0. The fourth-order valence-electron chi connectivity index (χ4n) is 9.68. The van der Waals surface area contributed by atoms with Crippen molar-refractivity contribution in [2.75, 3.05) is 30.1 Å². The van der Waals surface area contributed by atoms with Crippen molar-refractivity contribution in [1.82, 2.24) is 58.5 Å². The number of amides is 11. The number of nitrogens with one attached hydrogen (secondary N) is 11. The van der Waals surface area contributed by atoms with Gasteiger partial charge in [-0.25, -0.2) is 4.79 Å². The lowest BCUT2D eigenvalue weighted by atomic mass is 10.0. The van der Waals surface area contributed by atoms with Gasteiger partial charge in [0, 0.05) is 30.8 Å². The molecule has 0 aliphatic carbocycles. The van der Waals surface area contributed by atoms with Crippen LogP contribution in [0.4, 0.5) is 0 Å². The summed E-state index contributed by atoms with van der Waals surface area (Å²) in [7, 11) is 1.58. The molecule has 32 nitrogen and oxygen atoms in total. The summed E-state index contributed by atoms with van der Waals surface area (Å²) >= 11 is 1.23. The van der Waals surface area contributed by atoms with Crippen molar-refractivity contribution >= 4 is 116 Å². The van der Waals surface area contributed by atoms with Crippen LogP contribution in [0.15, 0.2) is 103 Å². The molecule has 5 rings (SSSR count). The first-order chi connectivity index (χ1) is 47.4. The lowest BCUT2D eigenvalue weighted by Crippen LogP contribution is -2.61. The van der Waals surface area contributed by atoms with Gasteiger partial charge in [-0.3, -0.25) is 62.3 Å². The van der Waals surface area contributed by atoms with Gasteiger partial charge in [0.1, 0.15) is 77.7 Å². The highest BCUT2D eigenvalue weighted by molar-refractivity contribution is 8.76. The van der Waals surface area contributed by atoms with Crippen LogP contribution in [0, 0.1) is 5.92 Å². The average molecular weight is 1450 g/mol. The first-order valence-electron chi connectivity index (χ1n) is 31.2. The third kappa shape index (κ3) is 27.3. The van der Waals surface area contributed by atoms with E-state index >= 15 is 4.79 Å². The molecule has 1 fully saturated rings. The molecule has 0 bridgehead atoms. The van der Waals surface area contributed by atoms with E-state index in [1.165, 1.54) is 105 Å². The zero-order chi connectivity index (χ0) is 73.8. The quantitative estimate of drug-likeness (QED) is 0.0294.